The normalized spacial score (nSPS) is 19.7. The van der Waals surface area contributed by atoms with Crippen molar-refractivity contribution in [3.63, 3.8) is 0 Å². The molecule has 1 fully saturated rings. The quantitative estimate of drug-likeness (QED) is 0.380. The summed E-state index contributed by atoms with van der Waals surface area (Å²) in [5, 5.41) is 0. The first-order chi connectivity index (χ1) is 9.43. The Labute approximate surface area is 121 Å². The first kappa shape index (κ1) is 17.0. The lowest BCUT2D eigenvalue weighted by molar-refractivity contribution is 0.00977. The Hall–Kier alpha value is -0.0400. The summed E-state index contributed by atoms with van der Waals surface area (Å²) in [6, 6.07) is 0. The fraction of sp³-hybridized carbons (Fsp3) is 1.00. The van der Waals surface area contributed by atoms with Gasteiger partial charge in [-0.2, -0.15) is 0 Å². The summed E-state index contributed by atoms with van der Waals surface area (Å²) in [6.07, 6.45) is 21.8. The summed E-state index contributed by atoms with van der Waals surface area (Å²) in [7, 11) is 0. The van der Waals surface area contributed by atoms with Crippen molar-refractivity contribution >= 4 is 0 Å². The van der Waals surface area contributed by atoms with Gasteiger partial charge in [0, 0.05) is 6.61 Å². The molecule has 0 aliphatic carbocycles. The molecule has 1 aliphatic rings. The lowest BCUT2D eigenvalue weighted by Crippen LogP contribution is -2.18. The monoisotopic (exact) mass is 268 g/mol. The molecule has 1 aliphatic heterocycles. The molecule has 1 atom stereocenters. The van der Waals surface area contributed by atoms with E-state index in [2.05, 4.69) is 6.92 Å². The number of hydrogen-bond donors (Lipinski definition) is 0. The summed E-state index contributed by atoms with van der Waals surface area (Å²) in [6.45, 7) is 3.31. The Balaban J connectivity index is 1.71. The molecule has 0 aromatic carbocycles. The zero-order chi connectivity index (χ0) is 13.6. The molecule has 0 aromatic heterocycles. The molecule has 1 saturated heterocycles. The van der Waals surface area contributed by atoms with Crippen molar-refractivity contribution in [3.05, 3.63) is 0 Å². The minimum atomic E-state index is 0.604. The molecule has 0 radical (unpaired) electrons. The summed E-state index contributed by atoms with van der Waals surface area (Å²) in [5.41, 5.74) is 0. The van der Waals surface area contributed by atoms with E-state index in [9.17, 15) is 0 Å². The van der Waals surface area contributed by atoms with Gasteiger partial charge in [-0.3, -0.25) is 0 Å². The van der Waals surface area contributed by atoms with Crippen LogP contribution in [0.5, 0.6) is 0 Å². The molecule has 0 aromatic rings. The van der Waals surface area contributed by atoms with Gasteiger partial charge >= 0.3 is 0 Å². The molecule has 19 heavy (non-hydrogen) atoms. The van der Waals surface area contributed by atoms with Gasteiger partial charge in [-0.25, -0.2) is 0 Å². The number of hydrogen-bond acceptors (Lipinski definition) is 1. The van der Waals surface area contributed by atoms with Gasteiger partial charge in [0.25, 0.3) is 0 Å². The van der Waals surface area contributed by atoms with Crippen molar-refractivity contribution in [2.24, 2.45) is 0 Å². The van der Waals surface area contributed by atoms with Gasteiger partial charge < -0.3 is 4.74 Å². The van der Waals surface area contributed by atoms with Crippen molar-refractivity contribution < 1.29 is 4.74 Å². The van der Waals surface area contributed by atoms with Crippen LogP contribution in [-0.2, 0) is 4.74 Å². The van der Waals surface area contributed by atoms with Gasteiger partial charge in [0.2, 0.25) is 0 Å². The first-order valence-electron chi connectivity index (χ1n) is 9.05. The highest BCUT2D eigenvalue weighted by Gasteiger charge is 2.12. The summed E-state index contributed by atoms with van der Waals surface area (Å²) >= 11 is 0. The first-order valence-corrected chi connectivity index (χ1v) is 9.05. The minimum Gasteiger partial charge on any atom is -0.378 e. The van der Waals surface area contributed by atoms with E-state index in [0.717, 1.165) is 6.61 Å². The predicted octanol–water partition coefficient (Wildman–Crippen LogP) is 6.26. The second-order valence-corrected chi connectivity index (χ2v) is 6.31. The summed E-state index contributed by atoms with van der Waals surface area (Å²) in [4.78, 5) is 0. The molecule has 0 bridgehead atoms. The highest BCUT2D eigenvalue weighted by atomic mass is 16.5. The maximum atomic E-state index is 5.77. The second-order valence-electron chi connectivity index (χ2n) is 6.31. The van der Waals surface area contributed by atoms with Crippen molar-refractivity contribution in [1.82, 2.24) is 0 Å². The van der Waals surface area contributed by atoms with Crippen molar-refractivity contribution in [3.8, 4) is 0 Å². The summed E-state index contributed by atoms with van der Waals surface area (Å²) < 4.78 is 5.77. The fourth-order valence-corrected chi connectivity index (χ4v) is 3.07. The topological polar surface area (TPSA) is 9.23 Å². The maximum Gasteiger partial charge on any atom is 0.0575 e. The average molecular weight is 268 g/mol. The van der Waals surface area contributed by atoms with Crippen molar-refractivity contribution in [2.75, 3.05) is 6.61 Å². The van der Waals surface area contributed by atoms with E-state index in [-0.39, 0.29) is 0 Å². The molecular weight excluding hydrogens is 232 g/mol. The van der Waals surface area contributed by atoms with Gasteiger partial charge in [0.05, 0.1) is 6.10 Å². The van der Waals surface area contributed by atoms with Crippen LogP contribution in [0.1, 0.15) is 103 Å². The van der Waals surface area contributed by atoms with Crippen LogP contribution in [-0.4, -0.2) is 12.7 Å². The van der Waals surface area contributed by atoms with Crippen LogP contribution in [0, 0.1) is 0 Å². The van der Waals surface area contributed by atoms with E-state index in [1.807, 2.05) is 0 Å². The third kappa shape index (κ3) is 10.4. The van der Waals surface area contributed by atoms with E-state index in [1.54, 1.807) is 0 Å². The standard InChI is InChI=1S/C18H36O/c1-2-3-4-5-6-7-8-9-10-11-12-15-18-16-13-14-17-19-18/h18H,2-17H2,1H3. The molecule has 0 spiro atoms. The molecule has 0 amide bonds. The zero-order valence-electron chi connectivity index (χ0n) is 13.3. The lowest BCUT2D eigenvalue weighted by Gasteiger charge is -2.22. The Kier molecular flexibility index (Phi) is 11.6. The average Bonchev–Trinajstić information content (AvgIpc) is 2.46. The number of unbranched alkanes of at least 4 members (excludes halogenated alkanes) is 10. The molecule has 1 heterocycles. The Morgan fingerprint density at radius 2 is 1.32 bits per heavy atom. The van der Waals surface area contributed by atoms with Crippen LogP contribution in [0.4, 0.5) is 0 Å². The molecular formula is C18H36O. The molecule has 0 N–H and O–H groups in total. The Morgan fingerprint density at radius 3 is 1.84 bits per heavy atom. The van der Waals surface area contributed by atoms with Crippen LogP contribution in [0.25, 0.3) is 0 Å². The molecule has 1 heteroatoms. The van der Waals surface area contributed by atoms with Gasteiger partial charge in [-0.1, -0.05) is 77.6 Å². The number of rotatable bonds is 12. The smallest absolute Gasteiger partial charge is 0.0575 e. The van der Waals surface area contributed by atoms with Crippen molar-refractivity contribution in [1.29, 1.82) is 0 Å². The summed E-state index contributed by atoms with van der Waals surface area (Å²) in [5.74, 6) is 0. The predicted molar refractivity (Wildman–Crippen MR) is 84.7 cm³/mol. The van der Waals surface area contributed by atoms with Crippen LogP contribution >= 0.6 is 0 Å². The Bertz CT molecular complexity index is 173. The highest BCUT2D eigenvalue weighted by molar-refractivity contribution is 4.63. The van der Waals surface area contributed by atoms with Crippen LogP contribution in [0.3, 0.4) is 0 Å². The largest absolute Gasteiger partial charge is 0.378 e. The van der Waals surface area contributed by atoms with Crippen LogP contribution < -0.4 is 0 Å². The van der Waals surface area contributed by atoms with E-state index < -0.39 is 0 Å². The van der Waals surface area contributed by atoms with Gasteiger partial charge in [0.1, 0.15) is 0 Å². The van der Waals surface area contributed by atoms with Gasteiger partial charge in [-0.15, -0.1) is 0 Å². The lowest BCUT2D eigenvalue weighted by atomic mass is 10.0. The fourth-order valence-electron chi connectivity index (χ4n) is 3.07. The maximum absolute atomic E-state index is 5.77. The molecule has 1 nitrogen and oxygen atoms in total. The Morgan fingerprint density at radius 1 is 0.737 bits per heavy atom. The second kappa shape index (κ2) is 13.0. The highest BCUT2D eigenvalue weighted by Crippen LogP contribution is 2.19. The molecule has 1 unspecified atom stereocenters. The van der Waals surface area contributed by atoms with E-state index in [0.29, 0.717) is 6.10 Å². The SMILES string of the molecule is CCCCCCCCCCCCCC1CCCCO1. The molecule has 0 saturated carbocycles. The van der Waals surface area contributed by atoms with Crippen LogP contribution in [0.2, 0.25) is 0 Å². The molecule has 1 rings (SSSR count). The third-order valence-corrected chi connectivity index (χ3v) is 4.40. The van der Waals surface area contributed by atoms with E-state index in [4.69, 9.17) is 4.74 Å². The van der Waals surface area contributed by atoms with E-state index in [1.165, 1.54) is 96.3 Å². The number of ether oxygens (including phenoxy) is 1. The zero-order valence-corrected chi connectivity index (χ0v) is 13.3. The minimum absolute atomic E-state index is 0.604. The van der Waals surface area contributed by atoms with Gasteiger partial charge in [0.15, 0.2) is 0 Å². The third-order valence-electron chi connectivity index (χ3n) is 4.40. The van der Waals surface area contributed by atoms with Crippen molar-refractivity contribution in [2.45, 2.75) is 109 Å². The van der Waals surface area contributed by atoms with Crippen LogP contribution in [0.15, 0.2) is 0 Å². The van der Waals surface area contributed by atoms with E-state index >= 15 is 0 Å². The molecule has 114 valence electrons. The van der Waals surface area contributed by atoms with Gasteiger partial charge in [-0.05, 0) is 25.7 Å².